The largest absolute Gasteiger partial charge is 0.494 e. The summed E-state index contributed by atoms with van der Waals surface area (Å²) in [5.41, 5.74) is 1.19. The van der Waals surface area contributed by atoms with Crippen LogP contribution in [-0.2, 0) is 6.54 Å². The molecular weight excluding hydrogens is 316 g/mol. The Labute approximate surface area is 118 Å². The van der Waals surface area contributed by atoms with Crippen LogP contribution in [0.5, 0.6) is 5.75 Å². The Morgan fingerprint density at radius 1 is 1.11 bits per heavy atom. The van der Waals surface area contributed by atoms with E-state index in [0.717, 1.165) is 4.47 Å². The van der Waals surface area contributed by atoms with Gasteiger partial charge in [-0.3, -0.25) is 0 Å². The molecule has 0 aliphatic carbocycles. The van der Waals surface area contributed by atoms with Gasteiger partial charge in [0.05, 0.1) is 7.11 Å². The molecule has 0 bridgehead atoms. The molecule has 2 rings (SSSR count). The number of rotatable bonds is 4. The lowest BCUT2D eigenvalue weighted by Gasteiger charge is -2.10. The van der Waals surface area contributed by atoms with Gasteiger partial charge in [-0.05, 0) is 30.3 Å². The summed E-state index contributed by atoms with van der Waals surface area (Å²) in [4.78, 5) is 0. The van der Waals surface area contributed by atoms with Crippen LogP contribution in [0.2, 0.25) is 0 Å². The molecule has 0 aromatic heterocycles. The molecule has 100 valence electrons. The van der Waals surface area contributed by atoms with E-state index < -0.39 is 5.82 Å². The molecule has 0 saturated heterocycles. The van der Waals surface area contributed by atoms with Crippen LogP contribution >= 0.6 is 15.9 Å². The Morgan fingerprint density at radius 2 is 1.84 bits per heavy atom. The minimum atomic E-state index is -0.429. The lowest BCUT2D eigenvalue weighted by Crippen LogP contribution is -2.02. The van der Waals surface area contributed by atoms with Gasteiger partial charge in [0.1, 0.15) is 5.82 Å². The van der Waals surface area contributed by atoms with Gasteiger partial charge in [-0.25, -0.2) is 8.78 Å². The van der Waals surface area contributed by atoms with E-state index in [0.29, 0.717) is 17.8 Å². The first-order valence-corrected chi connectivity index (χ1v) is 6.41. The zero-order chi connectivity index (χ0) is 13.8. The van der Waals surface area contributed by atoms with Gasteiger partial charge >= 0.3 is 0 Å². The molecule has 2 aromatic rings. The van der Waals surface area contributed by atoms with Crippen molar-refractivity contribution in [1.29, 1.82) is 0 Å². The fourth-order valence-corrected chi connectivity index (χ4v) is 2.05. The molecule has 0 aliphatic heterocycles. The summed E-state index contributed by atoms with van der Waals surface area (Å²) in [6.07, 6.45) is 0. The van der Waals surface area contributed by atoms with Crippen molar-refractivity contribution in [2.24, 2.45) is 0 Å². The molecule has 0 fully saturated rings. The zero-order valence-corrected chi connectivity index (χ0v) is 11.8. The van der Waals surface area contributed by atoms with Gasteiger partial charge in [-0.15, -0.1) is 0 Å². The highest BCUT2D eigenvalue weighted by Gasteiger charge is 2.05. The Kier molecular flexibility index (Phi) is 4.37. The lowest BCUT2D eigenvalue weighted by atomic mass is 10.2. The quantitative estimate of drug-likeness (QED) is 0.901. The van der Waals surface area contributed by atoms with Crippen molar-refractivity contribution >= 4 is 21.6 Å². The number of hydrogen-bond donors (Lipinski definition) is 1. The van der Waals surface area contributed by atoms with E-state index in [9.17, 15) is 8.78 Å². The SMILES string of the molecule is COc1cc(NCc2cc(Br)ccc2F)ccc1F. The normalized spacial score (nSPS) is 10.3. The van der Waals surface area contributed by atoms with Crippen LogP contribution in [0, 0.1) is 11.6 Å². The highest BCUT2D eigenvalue weighted by Crippen LogP contribution is 2.22. The van der Waals surface area contributed by atoms with E-state index in [1.807, 2.05) is 0 Å². The summed E-state index contributed by atoms with van der Waals surface area (Å²) in [6.45, 7) is 0.306. The molecule has 0 spiro atoms. The second-order valence-electron chi connectivity index (χ2n) is 3.94. The smallest absolute Gasteiger partial charge is 0.165 e. The molecule has 0 saturated carbocycles. The van der Waals surface area contributed by atoms with Crippen LogP contribution in [0.3, 0.4) is 0 Å². The molecule has 5 heteroatoms. The predicted molar refractivity (Wildman–Crippen MR) is 74.4 cm³/mol. The third-order valence-corrected chi connectivity index (χ3v) is 3.14. The van der Waals surface area contributed by atoms with Crippen molar-refractivity contribution in [3.05, 3.63) is 58.1 Å². The van der Waals surface area contributed by atoms with Crippen LogP contribution in [0.4, 0.5) is 14.5 Å². The predicted octanol–water partition coefficient (Wildman–Crippen LogP) is 4.35. The number of anilines is 1. The molecule has 0 radical (unpaired) electrons. The van der Waals surface area contributed by atoms with Crippen molar-refractivity contribution in [2.75, 3.05) is 12.4 Å². The number of hydrogen-bond acceptors (Lipinski definition) is 2. The van der Waals surface area contributed by atoms with Crippen LogP contribution in [-0.4, -0.2) is 7.11 Å². The van der Waals surface area contributed by atoms with Crippen LogP contribution in [0.15, 0.2) is 40.9 Å². The van der Waals surface area contributed by atoms with Crippen molar-refractivity contribution in [3.8, 4) is 5.75 Å². The van der Waals surface area contributed by atoms with E-state index in [1.165, 1.54) is 25.3 Å². The van der Waals surface area contributed by atoms with Crippen LogP contribution < -0.4 is 10.1 Å². The molecule has 2 aromatic carbocycles. The van der Waals surface area contributed by atoms with Crippen LogP contribution in [0.25, 0.3) is 0 Å². The average molecular weight is 328 g/mol. The maximum atomic E-state index is 13.5. The second-order valence-corrected chi connectivity index (χ2v) is 4.85. The van der Waals surface area contributed by atoms with Gasteiger partial charge in [0, 0.05) is 28.3 Å². The first kappa shape index (κ1) is 13.8. The molecule has 0 amide bonds. The molecular formula is C14H12BrF2NO. The highest BCUT2D eigenvalue weighted by atomic mass is 79.9. The van der Waals surface area contributed by atoms with Crippen molar-refractivity contribution < 1.29 is 13.5 Å². The summed E-state index contributed by atoms with van der Waals surface area (Å²) in [5, 5.41) is 3.02. The molecule has 2 nitrogen and oxygen atoms in total. The average Bonchev–Trinajstić information content (AvgIpc) is 2.41. The van der Waals surface area contributed by atoms with Gasteiger partial charge < -0.3 is 10.1 Å². The minimum Gasteiger partial charge on any atom is -0.494 e. The first-order valence-electron chi connectivity index (χ1n) is 5.61. The van der Waals surface area contributed by atoms with Crippen molar-refractivity contribution in [2.45, 2.75) is 6.54 Å². The van der Waals surface area contributed by atoms with Gasteiger partial charge in [0.2, 0.25) is 0 Å². The summed E-state index contributed by atoms with van der Waals surface area (Å²) in [7, 11) is 1.40. The summed E-state index contributed by atoms with van der Waals surface area (Å²) < 4.78 is 32.5. The topological polar surface area (TPSA) is 21.3 Å². The monoisotopic (exact) mass is 327 g/mol. The van der Waals surface area contributed by atoms with E-state index in [-0.39, 0.29) is 11.6 Å². The van der Waals surface area contributed by atoms with Gasteiger partial charge in [0.15, 0.2) is 11.6 Å². The third-order valence-electron chi connectivity index (χ3n) is 2.64. The summed E-state index contributed by atoms with van der Waals surface area (Å²) in [5.74, 6) is -0.564. The van der Waals surface area contributed by atoms with E-state index >= 15 is 0 Å². The van der Waals surface area contributed by atoms with Crippen molar-refractivity contribution in [3.63, 3.8) is 0 Å². The van der Waals surface area contributed by atoms with E-state index in [4.69, 9.17) is 4.74 Å². The zero-order valence-electron chi connectivity index (χ0n) is 10.2. The van der Waals surface area contributed by atoms with Gasteiger partial charge in [-0.2, -0.15) is 0 Å². The molecule has 0 atom stereocenters. The fraction of sp³-hybridized carbons (Fsp3) is 0.143. The van der Waals surface area contributed by atoms with Crippen molar-refractivity contribution in [1.82, 2.24) is 0 Å². The third kappa shape index (κ3) is 3.44. The lowest BCUT2D eigenvalue weighted by molar-refractivity contribution is 0.387. The summed E-state index contributed by atoms with van der Waals surface area (Å²) in [6, 6.07) is 9.15. The molecule has 0 heterocycles. The minimum absolute atomic E-state index is 0.153. The number of methoxy groups -OCH3 is 1. The Bertz CT molecular complexity index is 590. The fourth-order valence-electron chi connectivity index (χ4n) is 1.65. The maximum Gasteiger partial charge on any atom is 0.165 e. The molecule has 0 aliphatic rings. The highest BCUT2D eigenvalue weighted by molar-refractivity contribution is 9.10. The van der Waals surface area contributed by atoms with Gasteiger partial charge in [0.25, 0.3) is 0 Å². The summed E-state index contributed by atoms with van der Waals surface area (Å²) >= 11 is 3.29. The van der Waals surface area contributed by atoms with Crippen LogP contribution in [0.1, 0.15) is 5.56 Å². The molecule has 19 heavy (non-hydrogen) atoms. The number of benzene rings is 2. The molecule has 1 N–H and O–H groups in total. The maximum absolute atomic E-state index is 13.5. The first-order chi connectivity index (χ1) is 9.10. The molecule has 0 unspecified atom stereocenters. The Hall–Kier alpha value is -1.62. The number of nitrogens with one attached hydrogen (secondary N) is 1. The standard InChI is InChI=1S/C14H12BrF2NO/c1-19-14-7-11(3-5-13(14)17)18-8-9-6-10(15)2-4-12(9)16/h2-7,18H,8H2,1H3. The number of ether oxygens (including phenoxy) is 1. The van der Waals surface area contributed by atoms with E-state index in [1.54, 1.807) is 18.2 Å². The second kappa shape index (κ2) is 6.02. The van der Waals surface area contributed by atoms with Gasteiger partial charge in [-0.1, -0.05) is 15.9 Å². The Balaban J connectivity index is 2.12. The van der Waals surface area contributed by atoms with E-state index in [2.05, 4.69) is 21.2 Å². The number of halogens is 3. The Morgan fingerprint density at radius 3 is 2.58 bits per heavy atom.